The zero-order valence-corrected chi connectivity index (χ0v) is 12.3. The van der Waals surface area contributed by atoms with E-state index in [1.165, 1.54) is 12.1 Å². The van der Waals surface area contributed by atoms with E-state index in [-0.39, 0.29) is 23.3 Å². The standard InChI is InChI=1S/C13H9Cl3N2O2/c14-8-5-10(16)11(6-9(8)15)20-7-13(19)18-12-3-1-2-4-17-12/h1-6H,7H2,(H,17,18,19). The monoisotopic (exact) mass is 330 g/mol. The number of hydrogen-bond donors (Lipinski definition) is 1. The first-order valence-corrected chi connectivity index (χ1v) is 6.68. The fourth-order valence-electron chi connectivity index (χ4n) is 1.37. The number of nitrogens with one attached hydrogen (secondary N) is 1. The summed E-state index contributed by atoms with van der Waals surface area (Å²) >= 11 is 17.6. The number of benzene rings is 1. The lowest BCUT2D eigenvalue weighted by molar-refractivity contribution is -0.118. The van der Waals surface area contributed by atoms with Gasteiger partial charge in [-0.3, -0.25) is 4.79 Å². The van der Waals surface area contributed by atoms with Crippen LogP contribution < -0.4 is 10.1 Å². The van der Waals surface area contributed by atoms with Gasteiger partial charge in [0, 0.05) is 12.3 Å². The van der Waals surface area contributed by atoms with Crippen molar-refractivity contribution in [3.05, 3.63) is 51.6 Å². The van der Waals surface area contributed by atoms with Crippen molar-refractivity contribution in [2.45, 2.75) is 0 Å². The van der Waals surface area contributed by atoms with Gasteiger partial charge in [0.15, 0.2) is 6.61 Å². The van der Waals surface area contributed by atoms with Crippen LogP contribution in [0.25, 0.3) is 0 Å². The molecule has 0 aliphatic heterocycles. The average Bonchev–Trinajstić information content (AvgIpc) is 2.42. The number of amides is 1. The molecule has 2 rings (SSSR count). The van der Waals surface area contributed by atoms with E-state index in [9.17, 15) is 4.79 Å². The molecule has 0 saturated heterocycles. The first kappa shape index (κ1) is 14.9. The Kier molecular flexibility index (Phi) is 5.06. The van der Waals surface area contributed by atoms with Gasteiger partial charge in [-0.2, -0.15) is 0 Å². The minimum Gasteiger partial charge on any atom is -0.482 e. The molecule has 0 saturated carbocycles. The molecule has 1 heterocycles. The number of nitrogens with zero attached hydrogens (tertiary/aromatic N) is 1. The lowest BCUT2D eigenvalue weighted by Crippen LogP contribution is -2.20. The molecule has 7 heteroatoms. The highest BCUT2D eigenvalue weighted by molar-refractivity contribution is 6.43. The van der Waals surface area contributed by atoms with E-state index in [0.29, 0.717) is 15.9 Å². The minimum atomic E-state index is -0.356. The van der Waals surface area contributed by atoms with E-state index >= 15 is 0 Å². The van der Waals surface area contributed by atoms with Crippen LogP contribution in [0.1, 0.15) is 0 Å². The van der Waals surface area contributed by atoms with Gasteiger partial charge in [0.1, 0.15) is 11.6 Å². The van der Waals surface area contributed by atoms with Crippen LogP contribution in [0.15, 0.2) is 36.5 Å². The first-order chi connectivity index (χ1) is 9.56. The van der Waals surface area contributed by atoms with Crippen LogP contribution >= 0.6 is 34.8 Å². The average molecular weight is 332 g/mol. The molecule has 1 aromatic carbocycles. The van der Waals surface area contributed by atoms with Gasteiger partial charge in [-0.05, 0) is 18.2 Å². The molecule has 104 valence electrons. The summed E-state index contributed by atoms with van der Waals surface area (Å²) < 4.78 is 5.29. The molecule has 0 radical (unpaired) electrons. The van der Waals surface area contributed by atoms with Crippen LogP contribution in [0, 0.1) is 0 Å². The van der Waals surface area contributed by atoms with Crippen LogP contribution in [0.2, 0.25) is 15.1 Å². The van der Waals surface area contributed by atoms with E-state index < -0.39 is 0 Å². The summed E-state index contributed by atoms with van der Waals surface area (Å²) in [7, 11) is 0. The number of anilines is 1. The normalized spacial score (nSPS) is 10.2. The molecule has 0 aliphatic rings. The topological polar surface area (TPSA) is 51.2 Å². The lowest BCUT2D eigenvalue weighted by atomic mass is 10.3. The van der Waals surface area contributed by atoms with E-state index in [1.807, 2.05) is 0 Å². The highest BCUT2D eigenvalue weighted by Crippen LogP contribution is 2.33. The fourth-order valence-corrected chi connectivity index (χ4v) is 1.97. The maximum absolute atomic E-state index is 11.7. The molecule has 0 atom stereocenters. The number of rotatable bonds is 4. The third-order valence-corrected chi connectivity index (χ3v) is 3.28. The van der Waals surface area contributed by atoms with Gasteiger partial charge in [-0.25, -0.2) is 4.98 Å². The third kappa shape index (κ3) is 4.00. The quantitative estimate of drug-likeness (QED) is 0.860. The Morgan fingerprint density at radius 1 is 1.15 bits per heavy atom. The smallest absolute Gasteiger partial charge is 0.263 e. The number of hydrogen-bond acceptors (Lipinski definition) is 3. The molecule has 20 heavy (non-hydrogen) atoms. The van der Waals surface area contributed by atoms with Crippen molar-refractivity contribution < 1.29 is 9.53 Å². The maximum Gasteiger partial charge on any atom is 0.263 e. The van der Waals surface area contributed by atoms with E-state index in [4.69, 9.17) is 39.5 Å². The second kappa shape index (κ2) is 6.79. The Hall–Kier alpha value is -1.49. The Labute approximate surface area is 130 Å². The van der Waals surface area contributed by atoms with Crippen LogP contribution in [0.4, 0.5) is 5.82 Å². The van der Waals surface area contributed by atoms with Crippen LogP contribution in [0.5, 0.6) is 5.75 Å². The van der Waals surface area contributed by atoms with Crippen LogP contribution in [-0.2, 0) is 4.79 Å². The summed E-state index contributed by atoms with van der Waals surface area (Å²) in [4.78, 5) is 15.6. The van der Waals surface area contributed by atoms with E-state index in [0.717, 1.165) is 0 Å². The first-order valence-electron chi connectivity index (χ1n) is 5.54. The summed E-state index contributed by atoms with van der Waals surface area (Å²) in [5, 5.41) is 3.49. The summed E-state index contributed by atoms with van der Waals surface area (Å²) in [6.45, 7) is -0.214. The molecule has 1 amide bonds. The third-order valence-electron chi connectivity index (χ3n) is 2.27. The van der Waals surface area contributed by atoms with Gasteiger partial charge >= 0.3 is 0 Å². The Morgan fingerprint density at radius 3 is 2.60 bits per heavy atom. The number of carbonyl (C=O) groups is 1. The van der Waals surface area contributed by atoms with Gasteiger partial charge in [-0.1, -0.05) is 40.9 Å². The largest absolute Gasteiger partial charge is 0.482 e. The SMILES string of the molecule is O=C(COc1cc(Cl)c(Cl)cc1Cl)Nc1ccccn1. The fraction of sp³-hybridized carbons (Fsp3) is 0.0769. The molecule has 0 fully saturated rings. The number of pyridine rings is 1. The van der Waals surface area contributed by atoms with Gasteiger partial charge < -0.3 is 10.1 Å². The molecule has 0 bridgehead atoms. The van der Waals surface area contributed by atoms with Gasteiger partial charge in [0.2, 0.25) is 0 Å². The number of carbonyl (C=O) groups excluding carboxylic acids is 1. The maximum atomic E-state index is 11.7. The lowest BCUT2D eigenvalue weighted by Gasteiger charge is -2.09. The number of halogens is 3. The minimum absolute atomic E-state index is 0.214. The molecule has 1 N–H and O–H groups in total. The Morgan fingerprint density at radius 2 is 1.90 bits per heavy atom. The summed E-state index contributed by atoms with van der Waals surface area (Å²) in [5.41, 5.74) is 0. The molecular formula is C13H9Cl3N2O2. The van der Waals surface area contributed by atoms with Gasteiger partial charge in [0.05, 0.1) is 15.1 Å². The highest BCUT2D eigenvalue weighted by Gasteiger charge is 2.09. The molecule has 1 aromatic heterocycles. The van der Waals surface area contributed by atoms with Crippen molar-refractivity contribution in [3.8, 4) is 5.75 Å². The van der Waals surface area contributed by atoms with E-state index in [1.54, 1.807) is 24.4 Å². The number of ether oxygens (including phenoxy) is 1. The highest BCUT2D eigenvalue weighted by atomic mass is 35.5. The summed E-state index contributed by atoms with van der Waals surface area (Å²) in [5.74, 6) is 0.379. The summed E-state index contributed by atoms with van der Waals surface area (Å²) in [6, 6.07) is 8.10. The van der Waals surface area contributed by atoms with Gasteiger partial charge in [-0.15, -0.1) is 0 Å². The van der Waals surface area contributed by atoms with Crippen molar-refractivity contribution in [1.29, 1.82) is 0 Å². The second-order valence-electron chi connectivity index (χ2n) is 3.75. The summed E-state index contributed by atoms with van der Waals surface area (Å²) in [6.07, 6.45) is 1.58. The number of aromatic nitrogens is 1. The van der Waals surface area contributed by atoms with Gasteiger partial charge in [0.25, 0.3) is 5.91 Å². The molecule has 0 aliphatic carbocycles. The Balaban J connectivity index is 1.95. The second-order valence-corrected chi connectivity index (χ2v) is 4.97. The van der Waals surface area contributed by atoms with Crippen LogP contribution in [0.3, 0.4) is 0 Å². The molecule has 4 nitrogen and oxygen atoms in total. The molecule has 0 spiro atoms. The van der Waals surface area contributed by atoms with Crippen molar-refractivity contribution >= 4 is 46.5 Å². The molecule has 0 unspecified atom stereocenters. The zero-order valence-electron chi connectivity index (χ0n) is 10.1. The predicted octanol–water partition coefficient (Wildman–Crippen LogP) is 4.06. The predicted molar refractivity (Wildman–Crippen MR) is 79.8 cm³/mol. The Bertz CT molecular complexity index is 621. The van der Waals surface area contributed by atoms with Crippen molar-refractivity contribution in [3.63, 3.8) is 0 Å². The van der Waals surface area contributed by atoms with E-state index in [2.05, 4.69) is 10.3 Å². The van der Waals surface area contributed by atoms with Crippen molar-refractivity contribution in [2.75, 3.05) is 11.9 Å². The molecular weight excluding hydrogens is 323 g/mol. The molecule has 2 aromatic rings. The van der Waals surface area contributed by atoms with Crippen molar-refractivity contribution in [2.24, 2.45) is 0 Å². The van der Waals surface area contributed by atoms with Crippen molar-refractivity contribution in [1.82, 2.24) is 4.98 Å². The zero-order chi connectivity index (χ0) is 14.5. The van der Waals surface area contributed by atoms with Crippen LogP contribution in [-0.4, -0.2) is 17.5 Å².